The number of fused-ring (bicyclic) bond motifs is 1. The minimum atomic E-state index is -0.114. The molecule has 0 aliphatic rings. The van der Waals surface area contributed by atoms with E-state index in [0.29, 0.717) is 13.0 Å². The van der Waals surface area contributed by atoms with Gasteiger partial charge in [0, 0.05) is 34.1 Å². The highest BCUT2D eigenvalue weighted by Crippen LogP contribution is 2.28. The number of methoxy groups -OCH3 is 1. The number of aromatic amines is 1. The summed E-state index contributed by atoms with van der Waals surface area (Å²) in [6, 6.07) is 17.7. The van der Waals surface area contributed by atoms with Gasteiger partial charge in [-0.1, -0.05) is 29.8 Å². The van der Waals surface area contributed by atoms with Crippen LogP contribution in [0.15, 0.2) is 65.9 Å². The van der Waals surface area contributed by atoms with Crippen LogP contribution in [0.2, 0.25) is 5.02 Å². The average Bonchev–Trinajstić information content (AvgIpc) is 3.29. The molecule has 6 nitrogen and oxygen atoms in total. The monoisotopic (exact) mass is 503 g/mol. The van der Waals surface area contributed by atoms with Gasteiger partial charge in [0.25, 0.3) is 0 Å². The second-order valence-electron chi connectivity index (χ2n) is 8.74. The molecule has 0 fully saturated rings. The lowest BCUT2D eigenvalue weighted by Gasteiger charge is -2.13. The molecule has 0 unspecified atom stereocenters. The Bertz CT molecular complexity index is 1370. The molecule has 0 atom stereocenters. The standard InChI is InChI=1S/C29H30ClN3O3/c1-19-13-24(14-20(2)29(19)30)36-18-23-15-21(11-12-27(23)35-3)16-32-33-28(34)10-6-7-22-17-31-26-9-5-4-8-25(22)26/h4-5,8-9,11-17,31H,6-7,10,18H2,1-3H3,(H,33,34)/b32-16+. The van der Waals surface area contributed by atoms with Gasteiger partial charge in [-0.15, -0.1) is 0 Å². The summed E-state index contributed by atoms with van der Waals surface area (Å²) in [6.45, 7) is 4.23. The maximum Gasteiger partial charge on any atom is 0.240 e. The molecule has 7 heteroatoms. The van der Waals surface area contributed by atoms with Gasteiger partial charge in [-0.2, -0.15) is 5.10 Å². The number of aryl methyl sites for hydroxylation is 3. The van der Waals surface area contributed by atoms with E-state index >= 15 is 0 Å². The number of rotatable bonds is 10. The summed E-state index contributed by atoms with van der Waals surface area (Å²) in [4.78, 5) is 15.5. The quantitative estimate of drug-likeness (QED) is 0.191. The Labute approximate surface area is 216 Å². The van der Waals surface area contributed by atoms with Gasteiger partial charge in [0.1, 0.15) is 18.1 Å². The molecule has 0 saturated carbocycles. The smallest absolute Gasteiger partial charge is 0.240 e. The van der Waals surface area contributed by atoms with Crippen LogP contribution in [0.4, 0.5) is 0 Å². The maximum absolute atomic E-state index is 12.2. The Balaban J connectivity index is 1.30. The van der Waals surface area contributed by atoms with Crippen molar-refractivity contribution in [3.63, 3.8) is 0 Å². The molecule has 3 aromatic carbocycles. The molecule has 186 valence electrons. The van der Waals surface area contributed by atoms with E-state index in [-0.39, 0.29) is 5.91 Å². The highest BCUT2D eigenvalue weighted by molar-refractivity contribution is 6.32. The molecular weight excluding hydrogens is 474 g/mol. The summed E-state index contributed by atoms with van der Waals surface area (Å²) in [5, 5.41) is 6.08. The van der Waals surface area contributed by atoms with Crippen molar-refractivity contribution in [3.05, 3.63) is 93.6 Å². The van der Waals surface area contributed by atoms with E-state index in [0.717, 1.165) is 57.1 Å². The molecule has 0 bridgehead atoms. The van der Waals surface area contributed by atoms with Crippen molar-refractivity contribution < 1.29 is 14.3 Å². The van der Waals surface area contributed by atoms with Crippen molar-refractivity contribution in [3.8, 4) is 11.5 Å². The normalized spacial score (nSPS) is 11.2. The number of halogens is 1. The lowest BCUT2D eigenvalue weighted by atomic mass is 10.1. The van der Waals surface area contributed by atoms with E-state index in [1.54, 1.807) is 13.3 Å². The second kappa shape index (κ2) is 11.8. The number of benzene rings is 3. The van der Waals surface area contributed by atoms with Crippen LogP contribution < -0.4 is 14.9 Å². The van der Waals surface area contributed by atoms with Crippen molar-refractivity contribution in [2.24, 2.45) is 5.10 Å². The maximum atomic E-state index is 12.2. The van der Waals surface area contributed by atoms with Gasteiger partial charge >= 0.3 is 0 Å². The lowest BCUT2D eigenvalue weighted by Crippen LogP contribution is -2.17. The summed E-state index contributed by atoms with van der Waals surface area (Å²) in [5.74, 6) is 1.35. The Hall–Kier alpha value is -3.77. The van der Waals surface area contributed by atoms with Gasteiger partial charge in [0.2, 0.25) is 5.91 Å². The summed E-state index contributed by atoms with van der Waals surface area (Å²) >= 11 is 6.26. The molecule has 2 N–H and O–H groups in total. The summed E-state index contributed by atoms with van der Waals surface area (Å²) in [6.07, 6.45) is 5.61. The van der Waals surface area contributed by atoms with Gasteiger partial charge < -0.3 is 14.5 Å². The van der Waals surface area contributed by atoms with E-state index < -0.39 is 0 Å². The molecule has 1 amide bonds. The van der Waals surface area contributed by atoms with Gasteiger partial charge in [0.05, 0.1) is 13.3 Å². The highest BCUT2D eigenvalue weighted by atomic mass is 35.5. The number of nitrogens with one attached hydrogen (secondary N) is 2. The molecule has 4 rings (SSSR count). The van der Waals surface area contributed by atoms with Crippen molar-refractivity contribution in [2.45, 2.75) is 39.7 Å². The topological polar surface area (TPSA) is 75.7 Å². The zero-order valence-electron chi connectivity index (χ0n) is 20.7. The average molecular weight is 504 g/mol. The summed E-state index contributed by atoms with van der Waals surface area (Å²) < 4.78 is 11.5. The predicted molar refractivity (Wildman–Crippen MR) is 145 cm³/mol. The number of amides is 1. The Morgan fingerprint density at radius 1 is 1.08 bits per heavy atom. The number of H-pyrrole nitrogens is 1. The third-order valence-corrected chi connectivity index (χ3v) is 6.63. The van der Waals surface area contributed by atoms with Crippen LogP contribution >= 0.6 is 11.6 Å². The Morgan fingerprint density at radius 3 is 2.64 bits per heavy atom. The van der Waals surface area contributed by atoms with Crippen molar-refractivity contribution in [1.29, 1.82) is 0 Å². The van der Waals surface area contributed by atoms with Crippen LogP contribution in [0, 0.1) is 13.8 Å². The lowest BCUT2D eigenvalue weighted by molar-refractivity contribution is -0.121. The molecular formula is C29H30ClN3O3. The molecule has 0 radical (unpaired) electrons. The fraction of sp³-hybridized carbons (Fsp3) is 0.241. The minimum absolute atomic E-state index is 0.114. The number of para-hydroxylation sites is 1. The molecule has 1 heterocycles. The number of carbonyl (C=O) groups excluding carboxylic acids is 1. The van der Waals surface area contributed by atoms with E-state index in [2.05, 4.69) is 27.6 Å². The zero-order chi connectivity index (χ0) is 25.5. The molecule has 0 spiro atoms. The number of hydrazone groups is 1. The van der Waals surface area contributed by atoms with Gasteiger partial charge in [0.15, 0.2) is 0 Å². The third kappa shape index (κ3) is 6.26. The third-order valence-electron chi connectivity index (χ3n) is 6.04. The van der Waals surface area contributed by atoms with Gasteiger partial charge in [-0.05, 0) is 85.3 Å². The van der Waals surface area contributed by atoms with Crippen molar-refractivity contribution in [2.75, 3.05) is 7.11 Å². The van der Waals surface area contributed by atoms with E-state index in [4.69, 9.17) is 21.1 Å². The van der Waals surface area contributed by atoms with Crippen LogP contribution in [-0.2, 0) is 17.8 Å². The molecule has 4 aromatic rings. The summed E-state index contributed by atoms with van der Waals surface area (Å²) in [7, 11) is 1.62. The Kier molecular flexibility index (Phi) is 8.28. The first kappa shape index (κ1) is 25.3. The first-order valence-corrected chi connectivity index (χ1v) is 12.3. The predicted octanol–water partition coefficient (Wildman–Crippen LogP) is 6.50. The van der Waals surface area contributed by atoms with Gasteiger partial charge in [-0.25, -0.2) is 5.43 Å². The van der Waals surface area contributed by atoms with Crippen LogP contribution in [0.3, 0.4) is 0 Å². The van der Waals surface area contributed by atoms with Crippen molar-refractivity contribution >= 4 is 34.6 Å². The van der Waals surface area contributed by atoms with Crippen LogP contribution in [0.1, 0.15) is 40.7 Å². The largest absolute Gasteiger partial charge is 0.496 e. The fourth-order valence-corrected chi connectivity index (χ4v) is 4.26. The number of carbonyl (C=O) groups is 1. The molecule has 36 heavy (non-hydrogen) atoms. The number of ether oxygens (including phenoxy) is 2. The summed E-state index contributed by atoms with van der Waals surface area (Å²) in [5.41, 5.74) is 8.60. The molecule has 0 aliphatic heterocycles. The highest BCUT2D eigenvalue weighted by Gasteiger charge is 2.09. The molecule has 1 aromatic heterocycles. The zero-order valence-corrected chi connectivity index (χ0v) is 21.5. The first-order chi connectivity index (χ1) is 17.4. The number of nitrogens with zero attached hydrogens (tertiary/aromatic N) is 1. The van der Waals surface area contributed by atoms with Gasteiger partial charge in [-0.3, -0.25) is 4.79 Å². The fourth-order valence-electron chi connectivity index (χ4n) is 4.15. The van der Waals surface area contributed by atoms with Crippen molar-refractivity contribution in [1.82, 2.24) is 10.4 Å². The second-order valence-corrected chi connectivity index (χ2v) is 9.12. The van der Waals surface area contributed by atoms with E-state index in [9.17, 15) is 4.79 Å². The minimum Gasteiger partial charge on any atom is -0.496 e. The van der Waals surface area contributed by atoms with E-state index in [1.165, 1.54) is 10.9 Å². The first-order valence-electron chi connectivity index (χ1n) is 11.9. The van der Waals surface area contributed by atoms with Crippen LogP contribution in [0.5, 0.6) is 11.5 Å². The van der Waals surface area contributed by atoms with Crippen LogP contribution in [0.25, 0.3) is 10.9 Å². The van der Waals surface area contributed by atoms with Crippen LogP contribution in [-0.4, -0.2) is 24.2 Å². The SMILES string of the molecule is COc1ccc(/C=N/NC(=O)CCCc2c[nH]c3ccccc23)cc1COc1cc(C)c(Cl)c(C)c1. The number of hydrogen-bond acceptors (Lipinski definition) is 4. The van der Waals surface area contributed by atoms with E-state index in [1.807, 2.05) is 62.5 Å². The number of aromatic nitrogens is 1. The molecule has 0 saturated heterocycles. The number of hydrogen-bond donors (Lipinski definition) is 2. The molecule has 0 aliphatic carbocycles. The Morgan fingerprint density at radius 2 is 1.86 bits per heavy atom.